The van der Waals surface area contributed by atoms with Gasteiger partial charge in [0, 0.05) is 5.69 Å². The van der Waals surface area contributed by atoms with Crippen LogP contribution in [0.4, 0.5) is 5.69 Å². The second-order valence-electron chi connectivity index (χ2n) is 5.72. The number of benzene rings is 2. The Morgan fingerprint density at radius 2 is 1.72 bits per heavy atom. The van der Waals surface area contributed by atoms with E-state index in [9.17, 15) is 4.79 Å². The van der Waals surface area contributed by atoms with Crippen LogP contribution in [0.25, 0.3) is 0 Å². The van der Waals surface area contributed by atoms with Crippen molar-refractivity contribution >= 4 is 11.6 Å². The van der Waals surface area contributed by atoms with E-state index in [0.29, 0.717) is 18.1 Å². The molecule has 2 atom stereocenters. The molecule has 0 spiro atoms. The summed E-state index contributed by atoms with van der Waals surface area (Å²) < 4.78 is 16.1. The zero-order valence-corrected chi connectivity index (χ0v) is 14.6. The molecule has 6 heteroatoms. The van der Waals surface area contributed by atoms with Gasteiger partial charge >= 0.3 is 0 Å². The summed E-state index contributed by atoms with van der Waals surface area (Å²) in [5, 5.41) is 0. The van der Waals surface area contributed by atoms with Crippen LogP contribution in [0.15, 0.2) is 42.5 Å². The Balaban J connectivity index is 1.91. The first-order valence-electron chi connectivity index (χ1n) is 8.14. The van der Waals surface area contributed by atoms with Crippen LogP contribution >= 0.6 is 0 Å². The minimum Gasteiger partial charge on any atom is -0.494 e. The molecule has 1 saturated heterocycles. The number of β-lactam (4-membered cyclic amide) rings is 1. The summed E-state index contributed by atoms with van der Waals surface area (Å²) in [6, 6.07) is 12.2. The van der Waals surface area contributed by atoms with Crippen LogP contribution in [0.2, 0.25) is 0 Å². The molecule has 0 aliphatic carbocycles. The fourth-order valence-corrected chi connectivity index (χ4v) is 3.06. The van der Waals surface area contributed by atoms with Crippen molar-refractivity contribution in [3.63, 3.8) is 0 Å². The average molecular weight is 342 g/mol. The highest BCUT2D eigenvalue weighted by Crippen LogP contribution is 2.41. The Hall–Kier alpha value is -2.73. The summed E-state index contributed by atoms with van der Waals surface area (Å²) in [7, 11) is 3.17. The topological polar surface area (TPSA) is 74.0 Å². The largest absolute Gasteiger partial charge is 0.494 e. The summed E-state index contributed by atoms with van der Waals surface area (Å²) >= 11 is 0. The second kappa shape index (κ2) is 7.03. The molecular weight excluding hydrogens is 320 g/mol. The Bertz CT molecular complexity index is 761. The molecule has 1 heterocycles. The highest BCUT2D eigenvalue weighted by atomic mass is 16.5. The van der Waals surface area contributed by atoms with Gasteiger partial charge in [0.05, 0.1) is 26.9 Å². The molecule has 1 amide bonds. The van der Waals surface area contributed by atoms with Gasteiger partial charge in [-0.15, -0.1) is 0 Å². The van der Waals surface area contributed by atoms with Crippen LogP contribution in [-0.2, 0) is 4.79 Å². The van der Waals surface area contributed by atoms with Crippen LogP contribution in [0.1, 0.15) is 18.5 Å². The number of hydrogen-bond acceptors (Lipinski definition) is 5. The van der Waals surface area contributed by atoms with E-state index in [0.717, 1.165) is 17.0 Å². The molecule has 0 saturated carbocycles. The van der Waals surface area contributed by atoms with Crippen molar-refractivity contribution in [1.82, 2.24) is 0 Å². The first kappa shape index (κ1) is 17.1. The van der Waals surface area contributed by atoms with Crippen molar-refractivity contribution in [2.24, 2.45) is 5.73 Å². The quantitative estimate of drug-likeness (QED) is 0.817. The van der Waals surface area contributed by atoms with E-state index in [1.54, 1.807) is 19.1 Å². The third-order valence-corrected chi connectivity index (χ3v) is 4.32. The Kier molecular flexibility index (Phi) is 4.81. The molecular formula is C19H22N2O4. The molecule has 0 bridgehead atoms. The minimum absolute atomic E-state index is 0.107. The van der Waals surface area contributed by atoms with Gasteiger partial charge in [0.25, 0.3) is 0 Å². The highest BCUT2D eigenvalue weighted by molar-refractivity contribution is 6.05. The highest BCUT2D eigenvalue weighted by Gasteiger charge is 2.46. The van der Waals surface area contributed by atoms with E-state index in [1.807, 2.05) is 49.4 Å². The Morgan fingerprint density at radius 1 is 1.04 bits per heavy atom. The third-order valence-electron chi connectivity index (χ3n) is 4.32. The molecule has 2 N–H and O–H groups in total. The number of anilines is 1. The predicted octanol–water partition coefficient (Wildman–Crippen LogP) is 2.52. The summed E-state index contributed by atoms with van der Waals surface area (Å²) in [5.74, 6) is 1.91. The standard InChI is InChI=1S/C19H22N2O4/c1-4-25-14-8-6-13(7-9-14)21-18(17(20)19(21)22)12-5-10-15(23-2)16(11-12)24-3/h5-11,17-18H,4,20H2,1-3H3/t17-,18+/m1/s1. The first-order chi connectivity index (χ1) is 12.1. The number of methoxy groups -OCH3 is 2. The maximum Gasteiger partial charge on any atom is 0.247 e. The maximum absolute atomic E-state index is 12.3. The lowest BCUT2D eigenvalue weighted by Crippen LogP contribution is -2.63. The summed E-state index contributed by atoms with van der Waals surface area (Å²) in [4.78, 5) is 14.0. The van der Waals surface area contributed by atoms with Crippen molar-refractivity contribution in [3.05, 3.63) is 48.0 Å². The van der Waals surface area contributed by atoms with Crippen LogP contribution < -0.4 is 24.8 Å². The molecule has 1 aliphatic heterocycles. The van der Waals surface area contributed by atoms with E-state index in [2.05, 4.69) is 0 Å². The van der Waals surface area contributed by atoms with Gasteiger partial charge in [0.1, 0.15) is 11.8 Å². The van der Waals surface area contributed by atoms with Crippen molar-refractivity contribution in [1.29, 1.82) is 0 Å². The number of nitrogens with zero attached hydrogens (tertiary/aromatic N) is 1. The van der Waals surface area contributed by atoms with Gasteiger partial charge in [-0.25, -0.2) is 0 Å². The van der Waals surface area contributed by atoms with Gasteiger partial charge in [-0.3, -0.25) is 4.79 Å². The van der Waals surface area contributed by atoms with E-state index in [-0.39, 0.29) is 11.9 Å². The number of amides is 1. The van der Waals surface area contributed by atoms with Gasteiger partial charge in [-0.1, -0.05) is 6.07 Å². The minimum atomic E-state index is -0.579. The Labute approximate surface area is 147 Å². The van der Waals surface area contributed by atoms with Crippen LogP contribution in [-0.4, -0.2) is 32.8 Å². The SMILES string of the molecule is CCOc1ccc(N2C(=O)[C@H](N)[C@@H]2c2ccc(OC)c(OC)c2)cc1. The smallest absolute Gasteiger partial charge is 0.247 e. The fourth-order valence-electron chi connectivity index (χ4n) is 3.06. The van der Waals surface area contributed by atoms with Gasteiger partial charge in [0.2, 0.25) is 5.91 Å². The lowest BCUT2D eigenvalue weighted by Gasteiger charge is -2.45. The molecule has 1 fully saturated rings. The monoisotopic (exact) mass is 342 g/mol. The lowest BCUT2D eigenvalue weighted by molar-refractivity contribution is -0.126. The van der Waals surface area contributed by atoms with Crippen molar-refractivity contribution in [3.8, 4) is 17.2 Å². The van der Waals surface area contributed by atoms with Crippen LogP contribution in [0, 0.1) is 0 Å². The van der Waals surface area contributed by atoms with Crippen LogP contribution in [0.3, 0.4) is 0 Å². The molecule has 3 rings (SSSR count). The summed E-state index contributed by atoms with van der Waals surface area (Å²) in [5.41, 5.74) is 7.77. The van der Waals surface area contributed by atoms with Gasteiger partial charge < -0.3 is 24.8 Å². The summed E-state index contributed by atoms with van der Waals surface area (Å²) in [6.45, 7) is 2.53. The van der Waals surface area contributed by atoms with Gasteiger partial charge in [-0.2, -0.15) is 0 Å². The number of nitrogens with two attached hydrogens (primary N) is 1. The normalized spacial score (nSPS) is 19.4. The van der Waals surface area contributed by atoms with Gasteiger partial charge in [0.15, 0.2) is 11.5 Å². The maximum atomic E-state index is 12.3. The molecule has 6 nitrogen and oxygen atoms in total. The predicted molar refractivity (Wildman–Crippen MR) is 95.4 cm³/mol. The van der Waals surface area contributed by atoms with E-state index < -0.39 is 6.04 Å². The van der Waals surface area contributed by atoms with E-state index in [4.69, 9.17) is 19.9 Å². The zero-order chi connectivity index (χ0) is 18.0. The Morgan fingerprint density at radius 3 is 2.32 bits per heavy atom. The van der Waals surface area contributed by atoms with Crippen LogP contribution in [0.5, 0.6) is 17.2 Å². The van der Waals surface area contributed by atoms with Crippen molar-refractivity contribution < 1.29 is 19.0 Å². The van der Waals surface area contributed by atoms with Gasteiger partial charge in [-0.05, 0) is 48.9 Å². The number of carbonyl (C=O) groups excluding carboxylic acids is 1. The third kappa shape index (κ3) is 3.00. The molecule has 25 heavy (non-hydrogen) atoms. The lowest BCUT2D eigenvalue weighted by atomic mass is 9.88. The first-order valence-corrected chi connectivity index (χ1v) is 8.14. The fraction of sp³-hybridized carbons (Fsp3) is 0.316. The number of hydrogen-bond donors (Lipinski definition) is 1. The number of carbonyl (C=O) groups is 1. The van der Waals surface area contributed by atoms with E-state index in [1.165, 1.54) is 0 Å². The zero-order valence-electron chi connectivity index (χ0n) is 14.6. The number of rotatable bonds is 6. The average Bonchev–Trinajstić information content (AvgIpc) is 2.66. The molecule has 0 aromatic heterocycles. The molecule has 2 aromatic carbocycles. The van der Waals surface area contributed by atoms with Crippen molar-refractivity contribution in [2.75, 3.05) is 25.7 Å². The number of ether oxygens (including phenoxy) is 3. The molecule has 2 aromatic rings. The molecule has 1 aliphatic rings. The molecule has 132 valence electrons. The summed E-state index contributed by atoms with van der Waals surface area (Å²) in [6.07, 6.45) is 0. The molecule has 0 unspecified atom stereocenters. The second-order valence-corrected chi connectivity index (χ2v) is 5.72. The van der Waals surface area contributed by atoms with Crippen molar-refractivity contribution in [2.45, 2.75) is 19.0 Å². The van der Waals surface area contributed by atoms with E-state index >= 15 is 0 Å². The molecule has 0 radical (unpaired) electrons.